The number of likely N-dealkylation sites (N-methyl/N-ethyl adjacent to an activating group) is 1. The van der Waals surface area contributed by atoms with Gasteiger partial charge in [-0.2, -0.15) is 0 Å². The molecule has 29 heavy (non-hydrogen) atoms. The largest absolute Gasteiger partial charge is 0.308 e. The topological polar surface area (TPSA) is 36.4 Å². The van der Waals surface area contributed by atoms with Crippen LogP contribution in [0.1, 0.15) is 16.7 Å². The molecular formula is C22H25Cl2N3OS. The molecule has 0 saturated heterocycles. The molecule has 0 aliphatic rings. The summed E-state index contributed by atoms with van der Waals surface area (Å²) in [5.74, 6) is -0.103. The summed E-state index contributed by atoms with van der Waals surface area (Å²) in [7, 11) is 3.99. The minimum atomic E-state index is -0.103. The number of hydrogen-bond donors (Lipinski definition) is 0. The van der Waals surface area contributed by atoms with Gasteiger partial charge < -0.3 is 4.90 Å². The SMILES string of the molecule is Cc1cc2nc(N(CCN(C)C)C(=O)C=Cc3ccccc3Cl)sc2cc1C.Cl. The Hall–Kier alpha value is -1.92. The van der Waals surface area contributed by atoms with Crippen molar-refractivity contribution >= 4 is 62.7 Å². The van der Waals surface area contributed by atoms with Gasteiger partial charge in [-0.25, -0.2) is 4.98 Å². The monoisotopic (exact) mass is 449 g/mol. The number of aromatic nitrogens is 1. The van der Waals surface area contributed by atoms with E-state index in [4.69, 9.17) is 16.6 Å². The maximum atomic E-state index is 13.0. The third-order valence-electron chi connectivity index (χ3n) is 4.57. The molecule has 0 aliphatic carbocycles. The van der Waals surface area contributed by atoms with Crippen LogP contribution in [0.4, 0.5) is 5.13 Å². The highest BCUT2D eigenvalue weighted by Crippen LogP contribution is 2.31. The van der Waals surface area contributed by atoms with E-state index >= 15 is 0 Å². The van der Waals surface area contributed by atoms with Gasteiger partial charge in [-0.15, -0.1) is 12.4 Å². The second-order valence-corrected chi connectivity index (χ2v) is 8.46. The van der Waals surface area contributed by atoms with Crippen LogP contribution in [-0.2, 0) is 4.79 Å². The minimum absolute atomic E-state index is 0. The molecule has 0 unspecified atom stereocenters. The van der Waals surface area contributed by atoms with E-state index in [0.29, 0.717) is 11.6 Å². The first-order valence-electron chi connectivity index (χ1n) is 9.12. The van der Waals surface area contributed by atoms with Gasteiger partial charge in [0.2, 0.25) is 0 Å². The molecule has 0 aliphatic heterocycles. The van der Waals surface area contributed by atoms with Crippen LogP contribution in [0.3, 0.4) is 0 Å². The van der Waals surface area contributed by atoms with Crippen molar-refractivity contribution in [3.8, 4) is 0 Å². The van der Waals surface area contributed by atoms with Crippen molar-refractivity contribution in [3.05, 3.63) is 64.2 Å². The summed E-state index contributed by atoms with van der Waals surface area (Å²) < 4.78 is 1.09. The number of rotatable bonds is 6. The van der Waals surface area contributed by atoms with E-state index < -0.39 is 0 Å². The van der Waals surface area contributed by atoms with Gasteiger partial charge in [-0.1, -0.05) is 41.1 Å². The van der Waals surface area contributed by atoms with Crippen molar-refractivity contribution < 1.29 is 4.79 Å². The fourth-order valence-electron chi connectivity index (χ4n) is 2.74. The fraction of sp³-hybridized carbons (Fsp3) is 0.273. The Balaban J connectivity index is 0.00000300. The van der Waals surface area contributed by atoms with Crippen molar-refractivity contribution in [1.29, 1.82) is 0 Å². The summed E-state index contributed by atoms with van der Waals surface area (Å²) in [6, 6.07) is 11.7. The fourth-order valence-corrected chi connectivity index (χ4v) is 4.02. The molecule has 0 fully saturated rings. The Morgan fingerprint density at radius 2 is 1.83 bits per heavy atom. The zero-order valence-electron chi connectivity index (χ0n) is 17.0. The van der Waals surface area contributed by atoms with Crippen LogP contribution in [0.15, 0.2) is 42.5 Å². The zero-order valence-corrected chi connectivity index (χ0v) is 19.4. The molecule has 0 atom stereocenters. The van der Waals surface area contributed by atoms with E-state index in [9.17, 15) is 4.79 Å². The van der Waals surface area contributed by atoms with E-state index in [2.05, 4.69) is 30.9 Å². The van der Waals surface area contributed by atoms with Crippen LogP contribution >= 0.6 is 35.3 Å². The average molecular weight is 450 g/mol. The van der Waals surface area contributed by atoms with Gasteiger partial charge in [0.25, 0.3) is 5.91 Å². The molecule has 4 nitrogen and oxygen atoms in total. The van der Waals surface area contributed by atoms with Gasteiger partial charge >= 0.3 is 0 Å². The Morgan fingerprint density at radius 1 is 1.14 bits per heavy atom. The molecule has 0 saturated carbocycles. The number of carbonyl (C=O) groups excluding carboxylic acids is 1. The molecule has 1 amide bonds. The van der Waals surface area contributed by atoms with E-state index in [1.165, 1.54) is 11.1 Å². The second-order valence-electron chi connectivity index (χ2n) is 7.05. The van der Waals surface area contributed by atoms with Gasteiger partial charge in [-0.3, -0.25) is 9.69 Å². The molecule has 1 aromatic heterocycles. The first-order chi connectivity index (χ1) is 13.3. The highest BCUT2D eigenvalue weighted by Gasteiger charge is 2.18. The lowest BCUT2D eigenvalue weighted by molar-refractivity contribution is -0.114. The lowest BCUT2D eigenvalue weighted by atomic mass is 10.1. The van der Waals surface area contributed by atoms with Gasteiger partial charge in [0.05, 0.1) is 10.2 Å². The molecule has 0 spiro atoms. The van der Waals surface area contributed by atoms with E-state index in [1.807, 2.05) is 38.4 Å². The summed E-state index contributed by atoms with van der Waals surface area (Å²) in [5, 5.41) is 1.34. The highest BCUT2D eigenvalue weighted by atomic mass is 35.5. The van der Waals surface area contributed by atoms with Crippen molar-refractivity contribution in [3.63, 3.8) is 0 Å². The molecule has 0 N–H and O–H groups in total. The normalized spacial score (nSPS) is 11.2. The zero-order chi connectivity index (χ0) is 20.3. The van der Waals surface area contributed by atoms with Crippen molar-refractivity contribution in [2.45, 2.75) is 13.8 Å². The van der Waals surface area contributed by atoms with Crippen molar-refractivity contribution in [2.75, 3.05) is 32.1 Å². The third-order valence-corrected chi connectivity index (χ3v) is 5.96. The van der Waals surface area contributed by atoms with Gasteiger partial charge in [-0.05, 0) is 68.9 Å². The molecule has 7 heteroatoms. The van der Waals surface area contributed by atoms with Gasteiger partial charge in [0, 0.05) is 24.2 Å². The van der Waals surface area contributed by atoms with E-state index in [-0.39, 0.29) is 18.3 Å². The molecule has 3 rings (SSSR count). The number of benzene rings is 2. The Kier molecular flexibility index (Phi) is 8.23. The van der Waals surface area contributed by atoms with Crippen molar-refractivity contribution in [2.24, 2.45) is 0 Å². The molecule has 0 radical (unpaired) electrons. The number of thiazole rings is 1. The Labute approximate surface area is 187 Å². The second kappa shape index (κ2) is 10.2. The molecule has 0 bridgehead atoms. The summed E-state index contributed by atoms with van der Waals surface area (Å²) in [6.07, 6.45) is 3.33. The average Bonchev–Trinajstić information content (AvgIpc) is 3.03. The lowest BCUT2D eigenvalue weighted by Gasteiger charge is -2.20. The van der Waals surface area contributed by atoms with Crippen LogP contribution in [0, 0.1) is 13.8 Å². The maximum absolute atomic E-state index is 13.0. The number of hydrogen-bond acceptors (Lipinski definition) is 4. The smallest absolute Gasteiger partial charge is 0.252 e. The summed E-state index contributed by atoms with van der Waals surface area (Å²) in [4.78, 5) is 21.5. The number of aryl methyl sites for hydroxylation is 2. The quantitative estimate of drug-likeness (QED) is 0.459. The number of anilines is 1. The number of fused-ring (bicyclic) bond motifs is 1. The summed E-state index contributed by atoms with van der Waals surface area (Å²) >= 11 is 7.75. The molecule has 154 valence electrons. The predicted molar refractivity (Wildman–Crippen MR) is 128 cm³/mol. The molecule has 3 aromatic rings. The predicted octanol–water partition coefficient (Wildman–Crippen LogP) is 5.60. The van der Waals surface area contributed by atoms with Crippen LogP contribution in [0.5, 0.6) is 0 Å². The number of amides is 1. The van der Waals surface area contributed by atoms with E-state index in [0.717, 1.165) is 27.5 Å². The van der Waals surface area contributed by atoms with Crippen molar-refractivity contribution in [1.82, 2.24) is 9.88 Å². The van der Waals surface area contributed by atoms with Gasteiger partial charge in [0.15, 0.2) is 5.13 Å². The lowest BCUT2D eigenvalue weighted by Crippen LogP contribution is -2.35. The van der Waals surface area contributed by atoms with Gasteiger partial charge in [0.1, 0.15) is 0 Å². The molecule has 1 heterocycles. The van der Waals surface area contributed by atoms with Crippen LogP contribution < -0.4 is 4.90 Å². The summed E-state index contributed by atoms with van der Waals surface area (Å²) in [6.45, 7) is 5.49. The highest BCUT2D eigenvalue weighted by molar-refractivity contribution is 7.22. The first-order valence-corrected chi connectivity index (χ1v) is 10.3. The first kappa shape index (κ1) is 23.4. The van der Waals surface area contributed by atoms with Crippen LogP contribution in [0.2, 0.25) is 5.02 Å². The summed E-state index contributed by atoms with van der Waals surface area (Å²) in [5.41, 5.74) is 4.18. The number of halogens is 2. The Bertz CT molecular complexity index is 991. The number of nitrogens with zero attached hydrogens (tertiary/aromatic N) is 3. The van der Waals surface area contributed by atoms with Crippen LogP contribution in [0.25, 0.3) is 16.3 Å². The molecular weight excluding hydrogens is 425 g/mol. The molecule has 2 aromatic carbocycles. The number of carbonyl (C=O) groups is 1. The minimum Gasteiger partial charge on any atom is -0.308 e. The maximum Gasteiger partial charge on any atom is 0.252 e. The van der Waals surface area contributed by atoms with Crippen LogP contribution in [-0.4, -0.2) is 43.0 Å². The standard InChI is InChI=1S/C22H24ClN3OS.ClH/c1-15-13-19-20(14-16(15)2)28-22(24-19)26(12-11-25(3)4)21(27)10-9-17-7-5-6-8-18(17)23;/h5-10,13-14H,11-12H2,1-4H3;1H. The Morgan fingerprint density at radius 3 is 2.52 bits per heavy atom. The van der Waals surface area contributed by atoms with E-state index in [1.54, 1.807) is 28.4 Å². The third kappa shape index (κ3) is 5.80.